The molecule has 0 fully saturated rings. The Bertz CT molecular complexity index is 641. The van der Waals surface area contributed by atoms with Gasteiger partial charge in [-0.15, -0.1) is 0 Å². The predicted molar refractivity (Wildman–Crippen MR) is 68.9 cm³/mol. The van der Waals surface area contributed by atoms with Gasteiger partial charge >= 0.3 is 0 Å². The molecule has 88 valence electrons. The molecule has 0 N–H and O–H groups in total. The van der Waals surface area contributed by atoms with Crippen LogP contribution >= 0.6 is 0 Å². The van der Waals surface area contributed by atoms with Crippen molar-refractivity contribution in [1.29, 1.82) is 0 Å². The number of carbonyl (C=O) groups is 1. The summed E-state index contributed by atoms with van der Waals surface area (Å²) in [4.78, 5) is 12.1. The number of rotatable bonds is 1. The molecule has 0 aromatic heterocycles. The van der Waals surface area contributed by atoms with Crippen LogP contribution in [0.4, 0.5) is 4.39 Å². The molecule has 0 spiro atoms. The third-order valence-corrected chi connectivity index (χ3v) is 3.12. The summed E-state index contributed by atoms with van der Waals surface area (Å²) in [7, 11) is 0. The lowest BCUT2D eigenvalue weighted by atomic mass is 10.1. The Balaban J connectivity index is 2.00. The largest absolute Gasteiger partial charge is 0.289 e. The molecule has 1 aliphatic carbocycles. The molecular weight excluding hydrogens is 227 g/mol. The molecule has 0 aliphatic heterocycles. The van der Waals surface area contributed by atoms with E-state index in [4.69, 9.17) is 0 Å². The van der Waals surface area contributed by atoms with Crippen LogP contribution in [-0.2, 0) is 6.42 Å². The average Bonchev–Trinajstić information content (AvgIpc) is 2.67. The van der Waals surface area contributed by atoms with E-state index < -0.39 is 0 Å². The highest BCUT2D eigenvalue weighted by atomic mass is 19.1. The lowest BCUT2D eigenvalue weighted by Crippen LogP contribution is -1.95. The maximum Gasteiger partial charge on any atom is 0.189 e. The monoisotopic (exact) mass is 238 g/mol. The summed E-state index contributed by atoms with van der Waals surface area (Å²) >= 11 is 0. The van der Waals surface area contributed by atoms with Crippen LogP contribution in [-0.4, -0.2) is 5.78 Å². The predicted octanol–water partition coefficient (Wildman–Crippen LogP) is 3.65. The van der Waals surface area contributed by atoms with Gasteiger partial charge in [0, 0.05) is 17.6 Å². The van der Waals surface area contributed by atoms with Gasteiger partial charge in [-0.1, -0.05) is 30.3 Å². The van der Waals surface area contributed by atoms with E-state index in [2.05, 4.69) is 0 Å². The molecule has 2 aromatic rings. The van der Waals surface area contributed by atoms with E-state index >= 15 is 0 Å². The van der Waals surface area contributed by atoms with E-state index in [-0.39, 0.29) is 11.6 Å². The molecule has 2 heteroatoms. The molecule has 0 saturated carbocycles. The SMILES string of the molecule is O=C1/C(=C/c2ccccc2)Cc2cc(F)ccc21. The number of allylic oxidation sites excluding steroid dienone is 1. The molecule has 0 unspecified atom stereocenters. The quantitative estimate of drug-likeness (QED) is 0.693. The first-order valence-corrected chi connectivity index (χ1v) is 5.83. The zero-order chi connectivity index (χ0) is 12.5. The summed E-state index contributed by atoms with van der Waals surface area (Å²) in [5.41, 5.74) is 3.12. The van der Waals surface area contributed by atoms with Gasteiger partial charge in [0.05, 0.1) is 0 Å². The van der Waals surface area contributed by atoms with Gasteiger partial charge < -0.3 is 0 Å². The molecular formula is C16H11FO. The summed E-state index contributed by atoms with van der Waals surface area (Å²) in [6, 6.07) is 14.0. The van der Waals surface area contributed by atoms with Crippen LogP contribution in [0.3, 0.4) is 0 Å². The molecule has 1 nitrogen and oxygen atoms in total. The Morgan fingerprint density at radius 3 is 2.61 bits per heavy atom. The van der Waals surface area contributed by atoms with Gasteiger partial charge in [0.1, 0.15) is 5.82 Å². The molecule has 0 amide bonds. The van der Waals surface area contributed by atoms with Crippen LogP contribution in [0.25, 0.3) is 6.08 Å². The van der Waals surface area contributed by atoms with E-state index in [0.29, 0.717) is 12.0 Å². The zero-order valence-corrected chi connectivity index (χ0v) is 9.69. The Labute approximate surface area is 105 Å². The van der Waals surface area contributed by atoms with Gasteiger partial charge in [-0.2, -0.15) is 0 Å². The van der Waals surface area contributed by atoms with E-state index in [9.17, 15) is 9.18 Å². The number of hydrogen-bond acceptors (Lipinski definition) is 1. The van der Waals surface area contributed by atoms with Crippen LogP contribution < -0.4 is 0 Å². The van der Waals surface area contributed by atoms with Crippen LogP contribution in [0.15, 0.2) is 54.1 Å². The average molecular weight is 238 g/mol. The lowest BCUT2D eigenvalue weighted by Gasteiger charge is -1.95. The number of benzene rings is 2. The maximum atomic E-state index is 13.1. The maximum absolute atomic E-state index is 13.1. The Kier molecular flexibility index (Phi) is 2.56. The van der Waals surface area contributed by atoms with Crippen molar-refractivity contribution >= 4 is 11.9 Å². The van der Waals surface area contributed by atoms with Gasteiger partial charge in [0.25, 0.3) is 0 Å². The minimum Gasteiger partial charge on any atom is -0.289 e. The Morgan fingerprint density at radius 1 is 1.06 bits per heavy atom. The van der Waals surface area contributed by atoms with Crippen molar-refractivity contribution in [3.63, 3.8) is 0 Å². The molecule has 18 heavy (non-hydrogen) atoms. The number of carbonyl (C=O) groups excluding carboxylic acids is 1. The second-order valence-electron chi connectivity index (χ2n) is 4.39. The van der Waals surface area contributed by atoms with Crippen LogP contribution in [0.1, 0.15) is 21.5 Å². The summed E-state index contributed by atoms with van der Waals surface area (Å²) < 4.78 is 13.1. The van der Waals surface area contributed by atoms with Crippen LogP contribution in [0.5, 0.6) is 0 Å². The van der Waals surface area contributed by atoms with Crippen molar-refractivity contribution in [2.45, 2.75) is 6.42 Å². The number of ketones is 1. The minimum absolute atomic E-state index is 0.00820. The Hall–Kier alpha value is -2.22. The van der Waals surface area contributed by atoms with Crippen molar-refractivity contribution in [3.05, 3.63) is 76.6 Å². The normalized spacial score (nSPS) is 16.1. The second kappa shape index (κ2) is 4.22. The third kappa shape index (κ3) is 1.86. The molecule has 3 rings (SSSR count). The van der Waals surface area contributed by atoms with Gasteiger partial charge in [-0.25, -0.2) is 4.39 Å². The van der Waals surface area contributed by atoms with Crippen molar-refractivity contribution in [3.8, 4) is 0 Å². The summed E-state index contributed by atoms with van der Waals surface area (Å²) in [6.07, 6.45) is 2.39. The fourth-order valence-electron chi connectivity index (χ4n) is 2.26. The fourth-order valence-corrected chi connectivity index (χ4v) is 2.26. The van der Waals surface area contributed by atoms with Gasteiger partial charge in [0.15, 0.2) is 5.78 Å². The molecule has 1 aliphatic rings. The fraction of sp³-hybridized carbons (Fsp3) is 0.0625. The number of halogens is 1. The summed E-state index contributed by atoms with van der Waals surface area (Å²) in [5, 5.41) is 0. The summed E-state index contributed by atoms with van der Waals surface area (Å²) in [6.45, 7) is 0. The highest BCUT2D eigenvalue weighted by molar-refractivity contribution is 6.15. The van der Waals surface area contributed by atoms with Gasteiger partial charge in [-0.3, -0.25) is 4.79 Å². The van der Waals surface area contributed by atoms with Crippen LogP contribution in [0.2, 0.25) is 0 Å². The van der Waals surface area contributed by atoms with E-state index in [0.717, 1.165) is 16.7 Å². The molecule has 2 aromatic carbocycles. The molecule has 0 heterocycles. The second-order valence-corrected chi connectivity index (χ2v) is 4.39. The smallest absolute Gasteiger partial charge is 0.189 e. The highest BCUT2D eigenvalue weighted by Gasteiger charge is 2.24. The minimum atomic E-state index is -0.289. The number of hydrogen-bond donors (Lipinski definition) is 0. The lowest BCUT2D eigenvalue weighted by molar-refractivity contribution is 0.104. The first-order valence-electron chi connectivity index (χ1n) is 5.83. The number of fused-ring (bicyclic) bond motifs is 1. The molecule has 0 saturated heterocycles. The standard InChI is InChI=1S/C16H11FO/c17-14-6-7-15-12(10-14)9-13(16(15)18)8-11-4-2-1-3-5-11/h1-8,10H,9H2/b13-8+. The van der Waals surface area contributed by atoms with Gasteiger partial charge in [0.2, 0.25) is 0 Å². The van der Waals surface area contributed by atoms with Crippen molar-refractivity contribution in [2.24, 2.45) is 0 Å². The van der Waals surface area contributed by atoms with Crippen molar-refractivity contribution in [1.82, 2.24) is 0 Å². The zero-order valence-electron chi connectivity index (χ0n) is 9.69. The van der Waals surface area contributed by atoms with E-state index in [1.165, 1.54) is 12.1 Å². The first kappa shape index (κ1) is 10.9. The topological polar surface area (TPSA) is 17.1 Å². The molecule has 0 atom stereocenters. The number of Topliss-reactive ketones (excluding diaryl/α,β-unsaturated/α-hetero) is 1. The summed E-state index contributed by atoms with van der Waals surface area (Å²) in [5.74, 6) is -0.281. The van der Waals surface area contributed by atoms with Crippen molar-refractivity contribution in [2.75, 3.05) is 0 Å². The van der Waals surface area contributed by atoms with Crippen molar-refractivity contribution < 1.29 is 9.18 Å². The first-order chi connectivity index (χ1) is 8.74. The third-order valence-electron chi connectivity index (χ3n) is 3.12. The van der Waals surface area contributed by atoms with Gasteiger partial charge in [-0.05, 0) is 35.4 Å². The highest BCUT2D eigenvalue weighted by Crippen LogP contribution is 2.28. The molecule has 0 bridgehead atoms. The van der Waals surface area contributed by atoms with E-state index in [1.807, 2.05) is 36.4 Å². The van der Waals surface area contributed by atoms with E-state index in [1.54, 1.807) is 6.07 Å². The molecule has 0 radical (unpaired) electrons. The Morgan fingerprint density at radius 2 is 1.83 bits per heavy atom. The van der Waals surface area contributed by atoms with Crippen LogP contribution in [0, 0.1) is 5.82 Å².